The van der Waals surface area contributed by atoms with Gasteiger partial charge in [0.2, 0.25) is 0 Å². The molecule has 4 nitrogen and oxygen atoms in total. The molecule has 0 aromatic heterocycles. The lowest BCUT2D eigenvalue weighted by molar-refractivity contribution is -0.120. The lowest BCUT2D eigenvalue weighted by atomic mass is 10.0. The second-order valence-corrected chi connectivity index (χ2v) is 7.69. The summed E-state index contributed by atoms with van der Waals surface area (Å²) in [4.78, 5) is 28.4. The van der Waals surface area contributed by atoms with Crippen LogP contribution in [0.3, 0.4) is 0 Å². The van der Waals surface area contributed by atoms with Crippen LogP contribution in [-0.4, -0.2) is 11.8 Å². The Morgan fingerprint density at radius 1 is 0.750 bits per heavy atom. The van der Waals surface area contributed by atoms with Crippen molar-refractivity contribution in [1.82, 2.24) is 0 Å². The van der Waals surface area contributed by atoms with Crippen LogP contribution in [-0.2, 0) is 9.59 Å². The zero-order chi connectivity index (χ0) is 22.2. The molecule has 0 saturated heterocycles. The fraction of sp³-hybridized carbons (Fsp3) is 0.0370. The van der Waals surface area contributed by atoms with Gasteiger partial charge in [0.1, 0.15) is 11.5 Å². The molecule has 4 aromatic carbocycles. The molecule has 5 rings (SSSR count). The molecule has 0 fully saturated rings. The zero-order valence-corrected chi connectivity index (χ0v) is 17.3. The van der Waals surface area contributed by atoms with Crippen LogP contribution in [0.1, 0.15) is 11.1 Å². The highest BCUT2D eigenvalue weighted by Gasteiger charge is 2.40. The van der Waals surface area contributed by atoms with E-state index in [1.54, 1.807) is 6.07 Å². The number of fused-ring (bicyclic) bond motifs is 1. The summed E-state index contributed by atoms with van der Waals surface area (Å²) in [7, 11) is 0. The molecule has 0 radical (unpaired) electrons. The molecule has 156 valence electrons. The number of halogens is 1. The van der Waals surface area contributed by atoms with Gasteiger partial charge in [0.25, 0.3) is 11.8 Å². The highest BCUT2D eigenvalue weighted by atomic mass is 19.1. The van der Waals surface area contributed by atoms with Gasteiger partial charge >= 0.3 is 0 Å². The molecule has 1 aliphatic heterocycles. The maximum absolute atomic E-state index is 13.6. The average molecular weight is 422 g/mol. The largest absolute Gasteiger partial charge is 0.350 e. The summed E-state index contributed by atoms with van der Waals surface area (Å²) in [5.41, 5.74) is 3.13. The minimum absolute atomic E-state index is 0.165. The molecule has 1 aliphatic rings. The van der Waals surface area contributed by atoms with Crippen LogP contribution in [0.4, 0.5) is 15.8 Å². The number of aryl methyl sites for hydroxylation is 1. The van der Waals surface area contributed by atoms with E-state index in [9.17, 15) is 14.0 Å². The molecule has 1 N–H and O–H groups in total. The lowest BCUT2D eigenvalue weighted by Gasteiger charge is -2.18. The van der Waals surface area contributed by atoms with Crippen LogP contribution in [0, 0.1) is 12.7 Å². The van der Waals surface area contributed by atoms with Gasteiger partial charge in [-0.1, -0.05) is 66.2 Å². The van der Waals surface area contributed by atoms with Gasteiger partial charge in [0.05, 0.1) is 11.3 Å². The lowest BCUT2D eigenvalue weighted by Crippen LogP contribution is -2.32. The molecular weight excluding hydrogens is 403 g/mol. The van der Waals surface area contributed by atoms with Crippen LogP contribution in [0.5, 0.6) is 0 Å². The molecule has 0 unspecified atom stereocenters. The summed E-state index contributed by atoms with van der Waals surface area (Å²) in [6.07, 6.45) is 0. The third-order valence-corrected chi connectivity index (χ3v) is 5.55. The van der Waals surface area contributed by atoms with Gasteiger partial charge in [-0.2, -0.15) is 0 Å². The van der Waals surface area contributed by atoms with E-state index in [0.29, 0.717) is 16.9 Å². The van der Waals surface area contributed by atoms with Crippen LogP contribution in [0.25, 0.3) is 16.3 Å². The minimum Gasteiger partial charge on any atom is -0.350 e. The number of nitrogens with zero attached hydrogens (tertiary/aromatic N) is 1. The summed E-state index contributed by atoms with van der Waals surface area (Å²) >= 11 is 0. The van der Waals surface area contributed by atoms with Crippen LogP contribution in [0.15, 0.2) is 96.7 Å². The molecule has 0 spiro atoms. The molecule has 4 aromatic rings. The minimum atomic E-state index is -0.453. The summed E-state index contributed by atoms with van der Waals surface area (Å²) in [5.74, 6) is -1.32. The van der Waals surface area contributed by atoms with Gasteiger partial charge < -0.3 is 5.32 Å². The maximum Gasteiger partial charge on any atom is 0.282 e. The van der Waals surface area contributed by atoms with E-state index in [1.807, 2.05) is 67.6 Å². The first-order valence-corrected chi connectivity index (χ1v) is 10.2. The SMILES string of the molecule is Cc1ccc(NC2=C(c3ccc(F)cc3)C(=O)N(c3cccc4ccccc34)C2=O)cc1. The summed E-state index contributed by atoms with van der Waals surface area (Å²) in [6, 6.07) is 26.2. The van der Waals surface area contributed by atoms with Crippen LogP contribution in [0.2, 0.25) is 0 Å². The Hall–Kier alpha value is -4.25. The molecule has 1 heterocycles. The van der Waals surface area contributed by atoms with Crippen molar-refractivity contribution >= 4 is 39.5 Å². The predicted molar refractivity (Wildman–Crippen MR) is 125 cm³/mol. The van der Waals surface area contributed by atoms with Crippen molar-refractivity contribution in [2.75, 3.05) is 10.2 Å². The third kappa shape index (κ3) is 3.34. The first kappa shape index (κ1) is 19.7. The highest BCUT2D eigenvalue weighted by Crippen LogP contribution is 2.36. The molecular formula is C27H19FN2O2. The molecule has 0 atom stereocenters. The van der Waals surface area contributed by atoms with Gasteiger partial charge in [-0.15, -0.1) is 0 Å². The van der Waals surface area contributed by atoms with Gasteiger partial charge in [-0.05, 0) is 48.2 Å². The Kier molecular flexibility index (Phi) is 4.79. The number of anilines is 2. The maximum atomic E-state index is 13.6. The summed E-state index contributed by atoms with van der Waals surface area (Å²) in [6.45, 7) is 1.97. The number of carbonyl (C=O) groups is 2. The van der Waals surface area contributed by atoms with Crippen molar-refractivity contribution in [3.8, 4) is 0 Å². The van der Waals surface area contributed by atoms with E-state index in [-0.39, 0.29) is 11.3 Å². The van der Waals surface area contributed by atoms with Crippen molar-refractivity contribution in [2.24, 2.45) is 0 Å². The van der Waals surface area contributed by atoms with Crippen molar-refractivity contribution < 1.29 is 14.0 Å². The van der Waals surface area contributed by atoms with Crippen LogP contribution >= 0.6 is 0 Å². The zero-order valence-electron chi connectivity index (χ0n) is 17.3. The Bertz CT molecular complexity index is 1380. The van der Waals surface area contributed by atoms with Gasteiger partial charge in [-0.25, -0.2) is 9.29 Å². The third-order valence-electron chi connectivity index (χ3n) is 5.55. The molecule has 2 amide bonds. The smallest absolute Gasteiger partial charge is 0.282 e. The quantitative estimate of drug-likeness (QED) is 0.430. The normalized spacial score (nSPS) is 13.9. The fourth-order valence-electron chi connectivity index (χ4n) is 3.93. The number of hydrogen-bond donors (Lipinski definition) is 1. The summed E-state index contributed by atoms with van der Waals surface area (Å²) < 4.78 is 13.6. The topological polar surface area (TPSA) is 49.4 Å². The van der Waals surface area contributed by atoms with E-state index in [2.05, 4.69) is 5.32 Å². The molecule has 32 heavy (non-hydrogen) atoms. The Morgan fingerprint density at radius 2 is 1.44 bits per heavy atom. The van der Waals surface area contributed by atoms with E-state index in [0.717, 1.165) is 16.3 Å². The number of hydrogen-bond acceptors (Lipinski definition) is 3. The average Bonchev–Trinajstić information content (AvgIpc) is 3.05. The second-order valence-electron chi connectivity index (χ2n) is 7.69. The van der Waals surface area contributed by atoms with Gasteiger partial charge in [-0.3, -0.25) is 9.59 Å². The van der Waals surface area contributed by atoms with Crippen LogP contribution < -0.4 is 10.2 Å². The second kappa shape index (κ2) is 7.78. The van der Waals surface area contributed by atoms with Crippen molar-refractivity contribution in [2.45, 2.75) is 6.92 Å². The first-order valence-electron chi connectivity index (χ1n) is 10.2. The van der Waals surface area contributed by atoms with Crippen molar-refractivity contribution in [1.29, 1.82) is 0 Å². The van der Waals surface area contributed by atoms with Crippen molar-refractivity contribution in [3.63, 3.8) is 0 Å². The highest BCUT2D eigenvalue weighted by molar-refractivity contribution is 6.47. The Balaban J connectivity index is 1.66. The molecule has 0 aliphatic carbocycles. The number of imide groups is 1. The Morgan fingerprint density at radius 3 is 2.19 bits per heavy atom. The predicted octanol–water partition coefficient (Wildman–Crippen LogP) is 5.68. The Labute approximate surface area is 184 Å². The first-order chi connectivity index (χ1) is 15.5. The number of carbonyl (C=O) groups excluding carboxylic acids is 2. The number of amides is 2. The molecule has 0 bridgehead atoms. The fourth-order valence-corrected chi connectivity index (χ4v) is 3.93. The van der Waals surface area contributed by atoms with Crippen molar-refractivity contribution in [3.05, 3.63) is 114 Å². The van der Waals surface area contributed by atoms with E-state index in [4.69, 9.17) is 0 Å². The van der Waals surface area contributed by atoms with E-state index in [1.165, 1.54) is 29.2 Å². The number of rotatable bonds is 4. The van der Waals surface area contributed by atoms with E-state index >= 15 is 0 Å². The molecule has 0 saturated carbocycles. The monoisotopic (exact) mass is 422 g/mol. The number of benzene rings is 4. The van der Waals surface area contributed by atoms with Gasteiger partial charge in [0, 0.05) is 11.1 Å². The number of nitrogens with one attached hydrogen (secondary N) is 1. The molecule has 5 heteroatoms. The van der Waals surface area contributed by atoms with Gasteiger partial charge in [0.15, 0.2) is 0 Å². The van der Waals surface area contributed by atoms with E-state index < -0.39 is 17.6 Å². The summed E-state index contributed by atoms with van der Waals surface area (Å²) in [5, 5.41) is 4.86. The standard InChI is InChI=1S/C27H19FN2O2/c1-17-9-15-21(16-10-17)29-25-24(19-11-13-20(28)14-12-19)26(31)30(27(25)32)23-8-4-6-18-5-2-3-7-22(18)23/h2-16,29H,1H3.